The lowest BCUT2D eigenvalue weighted by atomic mass is 9.95. The predicted molar refractivity (Wildman–Crippen MR) is 130 cm³/mol. The van der Waals surface area contributed by atoms with Crippen LogP contribution < -0.4 is 20.1 Å². The molecular formula is C25H29N3O5S. The van der Waals surface area contributed by atoms with Crippen LogP contribution in [0.5, 0.6) is 11.5 Å². The van der Waals surface area contributed by atoms with E-state index in [0.717, 1.165) is 16.1 Å². The van der Waals surface area contributed by atoms with E-state index < -0.39 is 5.25 Å². The molecule has 0 bridgehead atoms. The van der Waals surface area contributed by atoms with Gasteiger partial charge in [-0.1, -0.05) is 18.2 Å². The summed E-state index contributed by atoms with van der Waals surface area (Å²) in [4.78, 5) is 40.8. The standard InChI is InChI=1S/C25H29N3O5S/c1-3-33-19-9-8-16(14-20(19)32-2)15-26-23(29)17-10-12-28(13-11-17)25(31)22-24(30)27-18-6-4-5-7-21(18)34-22/h4-9,14,17,22H,3,10-13,15H2,1-2H3,(H,26,29)(H,27,30)/t22-/m0/s1. The van der Waals surface area contributed by atoms with Gasteiger partial charge in [0.2, 0.25) is 17.7 Å². The van der Waals surface area contributed by atoms with Gasteiger partial charge in [-0.15, -0.1) is 11.8 Å². The van der Waals surface area contributed by atoms with Crippen LogP contribution in [0.2, 0.25) is 0 Å². The predicted octanol–water partition coefficient (Wildman–Crippen LogP) is 3.06. The first kappa shape index (κ1) is 23.9. The molecule has 4 rings (SSSR count). The van der Waals surface area contributed by atoms with Crippen molar-refractivity contribution in [2.75, 3.05) is 32.1 Å². The fraction of sp³-hybridized carbons (Fsp3) is 0.400. The minimum atomic E-state index is -0.796. The zero-order valence-corrected chi connectivity index (χ0v) is 20.2. The number of piperidine rings is 1. The van der Waals surface area contributed by atoms with Gasteiger partial charge in [0.1, 0.15) is 0 Å². The highest BCUT2D eigenvalue weighted by molar-refractivity contribution is 8.01. The van der Waals surface area contributed by atoms with E-state index in [-0.39, 0.29) is 23.6 Å². The highest BCUT2D eigenvalue weighted by atomic mass is 32.2. The minimum Gasteiger partial charge on any atom is -0.493 e. The smallest absolute Gasteiger partial charge is 0.247 e. The van der Waals surface area contributed by atoms with Crippen LogP contribution in [-0.4, -0.2) is 54.7 Å². The second-order valence-corrected chi connectivity index (χ2v) is 9.37. The molecule has 1 atom stereocenters. The molecule has 2 heterocycles. The Morgan fingerprint density at radius 1 is 1.15 bits per heavy atom. The highest BCUT2D eigenvalue weighted by Gasteiger charge is 2.37. The Kier molecular flexibility index (Phi) is 7.62. The van der Waals surface area contributed by atoms with Gasteiger partial charge in [-0.2, -0.15) is 0 Å². The van der Waals surface area contributed by atoms with Crippen molar-refractivity contribution in [3.63, 3.8) is 0 Å². The number of likely N-dealkylation sites (tertiary alicyclic amines) is 1. The van der Waals surface area contributed by atoms with Gasteiger partial charge in [0.15, 0.2) is 16.7 Å². The van der Waals surface area contributed by atoms with E-state index in [1.54, 1.807) is 12.0 Å². The number of carbonyl (C=O) groups excluding carboxylic acids is 3. The molecule has 1 fully saturated rings. The van der Waals surface area contributed by atoms with E-state index in [2.05, 4.69) is 10.6 Å². The molecule has 0 unspecified atom stereocenters. The first-order valence-corrected chi connectivity index (χ1v) is 12.3. The summed E-state index contributed by atoms with van der Waals surface area (Å²) in [6.07, 6.45) is 1.14. The number of methoxy groups -OCH3 is 1. The number of fused-ring (bicyclic) bond motifs is 1. The third kappa shape index (κ3) is 5.30. The number of amides is 3. The molecule has 180 valence electrons. The topological polar surface area (TPSA) is 97.0 Å². The van der Waals surface area contributed by atoms with Crippen molar-refractivity contribution in [2.45, 2.75) is 36.5 Å². The van der Waals surface area contributed by atoms with Gasteiger partial charge in [-0.25, -0.2) is 0 Å². The van der Waals surface area contributed by atoms with E-state index in [1.165, 1.54) is 11.8 Å². The first-order valence-electron chi connectivity index (χ1n) is 11.4. The van der Waals surface area contributed by atoms with Crippen molar-refractivity contribution in [3.05, 3.63) is 48.0 Å². The summed E-state index contributed by atoms with van der Waals surface area (Å²) in [7, 11) is 1.59. The quantitative estimate of drug-likeness (QED) is 0.588. The Balaban J connectivity index is 1.28. The van der Waals surface area contributed by atoms with Crippen LogP contribution in [0.1, 0.15) is 25.3 Å². The molecule has 1 saturated heterocycles. The Morgan fingerprint density at radius 2 is 1.91 bits per heavy atom. The van der Waals surface area contributed by atoms with Crippen molar-refractivity contribution >= 4 is 35.2 Å². The molecular weight excluding hydrogens is 454 g/mol. The molecule has 0 radical (unpaired) electrons. The normalized spacial score (nSPS) is 18.0. The molecule has 2 aromatic carbocycles. The van der Waals surface area contributed by atoms with Crippen LogP contribution >= 0.6 is 11.8 Å². The van der Waals surface area contributed by atoms with Gasteiger partial charge in [0.05, 0.1) is 19.4 Å². The summed E-state index contributed by atoms with van der Waals surface area (Å²) < 4.78 is 10.9. The molecule has 0 aromatic heterocycles. The summed E-state index contributed by atoms with van der Waals surface area (Å²) in [5.41, 5.74) is 1.66. The average molecular weight is 484 g/mol. The van der Waals surface area contributed by atoms with E-state index >= 15 is 0 Å². The number of para-hydroxylation sites is 1. The number of ether oxygens (including phenoxy) is 2. The number of anilines is 1. The third-order valence-corrected chi connectivity index (χ3v) is 7.29. The number of hydrogen-bond acceptors (Lipinski definition) is 6. The van der Waals surface area contributed by atoms with Crippen LogP contribution in [0.15, 0.2) is 47.4 Å². The van der Waals surface area contributed by atoms with E-state index in [9.17, 15) is 14.4 Å². The molecule has 0 aliphatic carbocycles. The van der Waals surface area contributed by atoms with Crippen molar-refractivity contribution in [2.24, 2.45) is 5.92 Å². The number of nitrogens with zero attached hydrogens (tertiary/aromatic N) is 1. The van der Waals surface area contributed by atoms with Crippen LogP contribution in [0.3, 0.4) is 0 Å². The number of carbonyl (C=O) groups is 3. The summed E-state index contributed by atoms with van der Waals surface area (Å²) in [5.74, 6) is 0.621. The molecule has 2 N–H and O–H groups in total. The number of hydrogen-bond donors (Lipinski definition) is 2. The molecule has 8 nitrogen and oxygen atoms in total. The Labute approximate surface area is 203 Å². The highest BCUT2D eigenvalue weighted by Crippen LogP contribution is 2.36. The van der Waals surface area contributed by atoms with Crippen LogP contribution in [-0.2, 0) is 20.9 Å². The maximum atomic E-state index is 13.0. The molecule has 3 amide bonds. The zero-order valence-electron chi connectivity index (χ0n) is 19.3. The number of nitrogens with one attached hydrogen (secondary N) is 2. The molecule has 9 heteroatoms. The van der Waals surface area contributed by atoms with Crippen molar-refractivity contribution in [1.82, 2.24) is 10.2 Å². The Bertz CT molecular complexity index is 1070. The van der Waals surface area contributed by atoms with Gasteiger partial charge < -0.3 is 25.0 Å². The maximum Gasteiger partial charge on any atom is 0.247 e. The van der Waals surface area contributed by atoms with Gasteiger partial charge >= 0.3 is 0 Å². The zero-order chi connectivity index (χ0) is 24.1. The lowest BCUT2D eigenvalue weighted by Gasteiger charge is -2.34. The van der Waals surface area contributed by atoms with E-state index in [1.807, 2.05) is 49.4 Å². The van der Waals surface area contributed by atoms with E-state index in [4.69, 9.17) is 9.47 Å². The monoisotopic (exact) mass is 483 g/mol. The molecule has 2 aromatic rings. The number of benzene rings is 2. The molecule has 2 aliphatic heterocycles. The molecule has 0 spiro atoms. The minimum absolute atomic E-state index is 0.0290. The largest absolute Gasteiger partial charge is 0.493 e. The lowest BCUT2D eigenvalue weighted by molar-refractivity contribution is -0.137. The third-order valence-electron chi connectivity index (χ3n) is 6.02. The molecule has 0 saturated carbocycles. The molecule has 2 aliphatic rings. The fourth-order valence-corrected chi connectivity index (χ4v) is 5.25. The summed E-state index contributed by atoms with van der Waals surface area (Å²) in [6, 6.07) is 13.1. The second-order valence-electron chi connectivity index (χ2n) is 8.22. The Hall–Kier alpha value is -3.20. The van der Waals surface area contributed by atoms with Crippen molar-refractivity contribution in [1.29, 1.82) is 0 Å². The lowest BCUT2D eigenvalue weighted by Crippen LogP contribution is -2.49. The van der Waals surface area contributed by atoms with Crippen LogP contribution in [0.4, 0.5) is 5.69 Å². The summed E-state index contributed by atoms with van der Waals surface area (Å²) in [5, 5.41) is 5.01. The van der Waals surface area contributed by atoms with Gasteiger partial charge in [0, 0.05) is 30.4 Å². The maximum absolute atomic E-state index is 13.0. The second kappa shape index (κ2) is 10.8. The Morgan fingerprint density at radius 3 is 2.65 bits per heavy atom. The average Bonchev–Trinajstić information content (AvgIpc) is 2.87. The van der Waals surface area contributed by atoms with Gasteiger partial charge in [0.25, 0.3) is 0 Å². The summed E-state index contributed by atoms with van der Waals surface area (Å²) in [6.45, 7) is 3.76. The number of thioether (sulfide) groups is 1. The van der Waals surface area contributed by atoms with Crippen molar-refractivity contribution < 1.29 is 23.9 Å². The van der Waals surface area contributed by atoms with Crippen LogP contribution in [0.25, 0.3) is 0 Å². The van der Waals surface area contributed by atoms with Gasteiger partial charge in [-0.05, 0) is 49.6 Å². The summed E-state index contributed by atoms with van der Waals surface area (Å²) >= 11 is 1.28. The SMILES string of the molecule is CCOc1ccc(CNC(=O)C2CCN(C(=O)[C@H]3Sc4ccccc4NC3=O)CC2)cc1OC. The fourth-order valence-electron chi connectivity index (χ4n) is 4.17. The first-order chi connectivity index (χ1) is 16.5. The van der Waals surface area contributed by atoms with Crippen molar-refractivity contribution in [3.8, 4) is 11.5 Å². The van der Waals surface area contributed by atoms with Gasteiger partial charge in [-0.3, -0.25) is 14.4 Å². The van der Waals surface area contributed by atoms with Crippen LogP contribution in [0, 0.1) is 5.92 Å². The van der Waals surface area contributed by atoms with E-state index in [0.29, 0.717) is 50.6 Å². The molecule has 34 heavy (non-hydrogen) atoms. The number of rotatable bonds is 7.